The van der Waals surface area contributed by atoms with Gasteiger partial charge in [0.05, 0.1) is 0 Å². The number of benzene rings is 1. The van der Waals surface area contributed by atoms with Crippen LogP contribution in [0.3, 0.4) is 0 Å². The van der Waals surface area contributed by atoms with E-state index < -0.39 is 17.7 Å². The summed E-state index contributed by atoms with van der Waals surface area (Å²) < 4.78 is 62.1. The van der Waals surface area contributed by atoms with E-state index in [0.717, 1.165) is 18.2 Å². The van der Waals surface area contributed by atoms with Crippen molar-refractivity contribution in [2.45, 2.75) is 12.1 Å². The van der Waals surface area contributed by atoms with Gasteiger partial charge in [0.15, 0.2) is 0 Å². The maximum absolute atomic E-state index is 12.8. The van der Waals surface area contributed by atoms with Crippen LogP contribution in [0.1, 0.15) is 5.56 Å². The van der Waals surface area contributed by atoms with Gasteiger partial charge in [-0.1, -0.05) is 6.07 Å². The molecule has 0 aliphatic carbocycles. The number of alkyl halides is 5. The highest BCUT2D eigenvalue weighted by Crippen LogP contribution is 2.44. The van der Waals surface area contributed by atoms with Crippen LogP contribution in [-0.2, 0) is 5.92 Å². The normalized spacial score (nSPS) is 13.0. The topological polar surface area (TPSA) is 0 Å². The first-order chi connectivity index (χ1) is 6.66. The van der Waals surface area contributed by atoms with Crippen LogP contribution < -0.4 is 0 Å². The second-order valence-corrected chi connectivity index (χ2v) is 4.41. The van der Waals surface area contributed by atoms with Gasteiger partial charge in [-0.3, -0.25) is 0 Å². The first-order valence-corrected chi connectivity index (χ1v) is 5.15. The van der Waals surface area contributed by atoms with Gasteiger partial charge in [-0.15, -0.1) is 0 Å². The van der Waals surface area contributed by atoms with Crippen molar-refractivity contribution in [1.29, 1.82) is 0 Å². The van der Waals surface area contributed by atoms with Gasteiger partial charge in [-0.2, -0.15) is 22.0 Å². The fourth-order valence-corrected chi connectivity index (χ4v) is 1.48. The Morgan fingerprint density at radius 3 is 1.80 bits per heavy atom. The van der Waals surface area contributed by atoms with E-state index in [4.69, 9.17) is 0 Å². The van der Waals surface area contributed by atoms with Gasteiger partial charge in [0, 0.05) is 14.5 Å². The lowest BCUT2D eigenvalue weighted by Crippen LogP contribution is -2.33. The van der Waals surface area contributed by atoms with E-state index in [1.165, 1.54) is 0 Å². The zero-order valence-corrected chi connectivity index (χ0v) is 10.0. The summed E-state index contributed by atoms with van der Waals surface area (Å²) in [6, 6.07) is 2.58. The minimum Gasteiger partial charge on any atom is -0.191 e. The van der Waals surface area contributed by atoms with Crippen molar-refractivity contribution in [3.8, 4) is 0 Å². The molecule has 1 aromatic carbocycles. The number of halogens is 7. The highest BCUT2D eigenvalue weighted by Gasteiger charge is 2.58. The third-order valence-corrected chi connectivity index (χ3v) is 3.52. The lowest BCUT2D eigenvalue weighted by molar-refractivity contribution is -0.289. The minimum atomic E-state index is -5.58. The van der Waals surface area contributed by atoms with Crippen LogP contribution in [0, 0.1) is 0 Å². The van der Waals surface area contributed by atoms with Crippen LogP contribution in [0.4, 0.5) is 22.0 Å². The monoisotopic (exact) mass is 352 g/mol. The van der Waals surface area contributed by atoms with Gasteiger partial charge in [-0.05, 0) is 44.0 Å². The van der Waals surface area contributed by atoms with Gasteiger partial charge in [0.1, 0.15) is 0 Å². The van der Waals surface area contributed by atoms with Crippen molar-refractivity contribution in [3.63, 3.8) is 0 Å². The molecule has 0 fully saturated rings. The molecule has 1 aromatic rings. The summed E-state index contributed by atoms with van der Waals surface area (Å²) in [6.07, 6.45) is -5.58. The van der Waals surface area contributed by atoms with E-state index in [1.807, 2.05) is 0 Å². The SMILES string of the molecule is FC(F)(F)C(F)(F)c1ccc(Br)c(Br)c1. The Kier molecular flexibility index (Phi) is 3.45. The van der Waals surface area contributed by atoms with Crippen molar-refractivity contribution in [3.05, 3.63) is 32.7 Å². The molecule has 0 N–H and O–H groups in total. The standard InChI is InChI=1S/C8H3Br2F5/c9-5-2-1-4(3-6(5)10)7(11,12)8(13,14)15/h1-3H. The van der Waals surface area contributed by atoms with Gasteiger partial charge < -0.3 is 0 Å². The average Bonchev–Trinajstić information content (AvgIpc) is 2.07. The molecule has 0 radical (unpaired) electrons. The first kappa shape index (κ1) is 12.9. The molecule has 0 saturated heterocycles. The Morgan fingerprint density at radius 1 is 0.867 bits per heavy atom. The Bertz CT molecular complexity index is 372. The molecule has 7 heteroatoms. The quantitative estimate of drug-likeness (QED) is 0.632. The third kappa shape index (κ3) is 2.50. The van der Waals surface area contributed by atoms with Crippen molar-refractivity contribution in [1.82, 2.24) is 0 Å². The van der Waals surface area contributed by atoms with Crippen LogP contribution in [0.25, 0.3) is 0 Å². The van der Waals surface area contributed by atoms with Crippen LogP contribution in [0.15, 0.2) is 27.1 Å². The van der Waals surface area contributed by atoms with E-state index in [1.54, 1.807) is 0 Å². The Morgan fingerprint density at radius 2 is 1.40 bits per heavy atom. The van der Waals surface area contributed by atoms with Gasteiger partial charge in [-0.25, -0.2) is 0 Å². The molecule has 0 unspecified atom stereocenters. The number of rotatable bonds is 1. The molecule has 0 bridgehead atoms. The van der Waals surface area contributed by atoms with Crippen LogP contribution in [0.2, 0.25) is 0 Å². The van der Waals surface area contributed by atoms with E-state index in [2.05, 4.69) is 31.9 Å². The molecule has 1 rings (SSSR count). The first-order valence-electron chi connectivity index (χ1n) is 3.56. The van der Waals surface area contributed by atoms with Crippen LogP contribution in [0.5, 0.6) is 0 Å². The smallest absolute Gasteiger partial charge is 0.191 e. The number of hydrogen-bond donors (Lipinski definition) is 0. The number of hydrogen-bond acceptors (Lipinski definition) is 0. The molecular formula is C8H3Br2F5. The summed E-state index contributed by atoms with van der Waals surface area (Å²) in [4.78, 5) is 0. The largest absolute Gasteiger partial charge is 0.458 e. The van der Waals surface area contributed by atoms with E-state index >= 15 is 0 Å². The lowest BCUT2D eigenvalue weighted by Gasteiger charge is -2.20. The summed E-state index contributed by atoms with van der Waals surface area (Å²) in [5.41, 5.74) is -1.09. The fraction of sp³-hybridized carbons (Fsp3) is 0.250. The maximum Gasteiger partial charge on any atom is 0.458 e. The Hall–Kier alpha value is -0.170. The zero-order chi connectivity index (χ0) is 11.9. The molecule has 0 amide bonds. The second kappa shape index (κ2) is 4.01. The molecule has 0 spiro atoms. The molecule has 0 saturated carbocycles. The van der Waals surface area contributed by atoms with Crippen molar-refractivity contribution < 1.29 is 22.0 Å². The highest BCUT2D eigenvalue weighted by molar-refractivity contribution is 9.13. The van der Waals surface area contributed by atoms with Gasteiger partial charge in [0.2, 0.25) is 0 Å². The average molecular weight is 354 g/mol. The van der Waals surface area contributed by atoms with E-state index in [-0.39, 0.29) is 4.47 Å². The summed E-state index contributed by atoms with van der Waals surface area (Å²) in [6.45, 7) is 0. The van der Waals surface area contributed by atoms with Crippen LogP contribution in [-0.4, -0.2) is 6.18 Å². The molecule has 0 aliphatic rings. The fourth-order valence-electron chi connectivity index (χ4n) is 0.855. The molecule has 0 atom stereocenters. The van der Waals surface area contributed by atoms with Crippen molar-refractivity contribution in [2.24, 2.45) is 0 Å². The highest BCUT2D eigenvalue weighted by atomic mass is 79.9. The summed E-state index contributed by atoms with van der Waals surface area (Å²) in [5, 5.41) is 0. The molecule has 84 valence electrons. The lowest BCUT2D eigenvalue weighted by atomic mass is 10.1. The van der Waals surface area contributed by atoms with Gasteiger partial charge in [0.25, 0.3) is 0 Å². The Balaban J connectivity index is 3.22. The predicted octanol–water partition coefficient (Wildman–Crippen LogP) is 4.87. The second-order valence-electron chi connectivity index (χ2n) is 2.70. The molecule has 0 nitrogen and oxygen atoms in total. The van der Waals surface area contributed by atoms with Crippen LogP contribution >= 0.6 is 31.9 Å². The van der Waals surface area contributed by atoms with Crippen molar-refractivity contribution >= 4 is 31.9 Å². The molecule has 15 heavy (non-hydrogen) atoms. The third-order valence-electron chi connectivity index (χ3n) is 1.64. The van der Waals surface area contributed by atoms with Crippen molar-refractivity contribution in [2.75, 3.05) is 0 Å². The van der Waals surface area contributed by atoms with Gasteiger partial charge >= 0.3 is 12.1 Å². The molecule has 0 aliphatic heterocycles. The zero-order valence-electron chi connectivity index (χ0n) is 6.88. The Labute approximate surface area is 98.7 Å². The molecule has 0 heterocycles. The molecular weight excluding hydrogens is 351 g/mol. The van der Waals surface area contributed by atoms with E-state index in [0.29, 0.717) is 4.47 Å². The minimum absolute atomic E-state index is 0.143. The summed E-state index contributed by atoms with van der Waals surface area (Å²) in [5.74, 6) is -4.84. The summed E-state index contributed by atoms with van der Waals surface area (Å²) >= 11 is 5.83. The summed E-state index contributed by atoms with van der Waals surface area (Å²) in [7, 11) is 0. The molecule has 0 aromatic heterocycles. The predicted molar refractivity (Wildman–Crippen MR) is 51.8 cm³/mol. The van der Waals surface area contributed by atoms with E-state index in [9.17, 15) is 22.0 Å². The maximum atomic E-state index is 12.8.